The van der Waals surface area contributed by atoms with Crippen molar-refractivity contribution < 1.29 is 4.74 Å². The molecule has 1 unspecified atom stereocenters. The highest BCUT2D eigenvalue weighted by Gasteiger charge is 2.25. The summed E-state index contributed by atoms with van der Waals surface area (Å²) < 4.78 is 5.97. The SMILES string of the molecule is CC(C)OC1CCC(CCCCN2CCN(C(C)C)CC2C)CC1. The van der Waals surface area contributed by atoms with Gasteiger partial charge in [-0.05, 0) is 79.2 Å². The van der Waals surface area contributed by atoms with E-state index in [4.69, 9.17) is 4.74 Å². The third-order valence-corrected chi connectivity index (χ3v) is 6.09. The van der Waals surface area contributed by atoms with Crippen molar-refractivity contribution >= 4 is 0 Å². The van der Waals surface area contributed by atoms with Gasteiger partial charge in [0.05, 0.1) is 12.2 Å². The van der Waals surface area contributed by atoms with Crippen LogP contribution < -0.4 is 0 Å². The zero-order valence-electron chi connectivity index (χ0n) is 17.0. The summed E-state index contributed by atoms with van der Waals surface area (Å²) in [6.07, 6.45) is 10.5. The first-order valence-corrected chi connectivity index (χ1v) is 10.6. The van der Waals surface area contributed by atoms with Gasteiger partial charge in [0.15, 0.2) is 0 Å². The Morgan fingerprint density at radius 2 is 1.67 bits per heavy atom. The lowest BCUT2D eigenvalue weighted by molar-refractivity contribution is -0.0204. The zero-order valence-corrected chi connectivity index (χ0v) is 17.0. The minimum atomic E-state index is 0.393. The maximum atomic E-state index is 5.97. The van der Waals surface area contributed by atoms with E-state index in [0.717, 1.165) is 12.0 Å². The molecule has 0 aromatic carbocycles. The third kappa shape index (κ3) is 6.65. The molecule has 0 spiro atoms. The third-order valence-electron chi connectivity index (χ3n) is 6.09. The number of hydrogen-bond donors (Lipinski definition) is 0. The number of unbranched alkanes of at least 4 members (excludes halogenated alkanes) is 1. The van der Waals surface area contributed by atoms with E-state index < -0.39 is 0 Å². The topological polar surface area (TPSA) is 15.7 Å². The summed E-state index contributed by atoms with van der Waals surface area (Å²) in [7, 11) is 0. The largest absolute Gasteiger partial charge is 0.376 e. The fraction of sp³-hybridized carbons (Fsp3) is 1.00. The predicted molar refractivity (Wildman–Crippen MR) is 104 cm³/mol. The maximum absolute atomic E-state index is 5.97. The molecule has 1 heterocycles. The first-order chi connectivity index (χ1) is 11.5. The average molecular weight is 339 g/mol. The molecule has 0 bridgehead atoms. The average Bonchev–Trinajstić information content (AvgIpc) is 2.53. The van der Waals surface area contributed by atoms with Crippen LogP contribution in [0.3, 0.4) is 0 Å². The van der Waals surface area contributed by atoms with Crippen LogP contribution in [0.4, 0.5) is 0 Å². The molecule has 0 N–H and O–H groups in total. The van der Waals surface area contributed by atoms with Crippen LogP contribution in [0.5, 0.6) is 0 Å². The van der Waals surface area contributed by atoms with Crippen molar-refractivity contribution in [2.24, 2.45) is 5.92 Å². The minimum absolute atomic E-state index is 0.393. The molecule has 2 aliphatic rings. The Labute approximate surface area is 151 Å². The normalized spacial score (nSPS) is 30.4. The second-order valence-electron chi connectivity index (χ2n) is 8.80. The Bertz CT molecular complexity index is 337. The fourth-order valence-corrected chi connectivity index (χ4v) is 4.51. The van der Waals surface area contributed by atoms with E-state index >= 15 is 0 Å². The van der Waals surface area contributed by atoms with Gasteiger partial charge in [0.2, 0.25) is 0 Å². The molecule has 3 heteroatoms. The van der Waals surface area contributed by atoms with Crippen molar-refractivity contribution in [1.82, 2.24) is 9.80 Å². The summed E-state index contributed by atoms with van der Waals surface area (Å²) in [5.74, 6) is 0.965. The summed E-state index contributed by atoms with van der Waals surface area (Å²) in [5, 5.41) is 0. The van der Waals surface area contributed by atoms with Gasteiger partial charge in [0.25, 0.3) is 0 Å². The summed E-state index contributed by atoms with van der Waals surface area (Å²) in [4.78, 5) is 5.34. The Morgan fingerprint density at radius 3 is 2.25 bits per heavy atom. The van der Waals surface area contributed by atoms with Crippen LogP contribution in [0.2, 0.25) is 0 Å². The van der Waals surface area contributed by atoms with E-state index in [1.807, 2.05) is 0 Å². The molecular formula is C21H42N2O. The molecule has 1 saturated carbocycles. The number of nitrogens with zero attached hydrogens (tertiary/aromatic N) is 2. The molecule has 0 aromatic rings. The molecule has 3 nitrogen and oxygen atoms in total. The lowest BCUT2D eigenvalue weighted by atomic mass is 9.84. The number of hydrogen-bond acceptors (Lipinski definition) is 3. The number of piperazine rings is 1. The van der Waals surface area contributed by atoms with Crippen LogP contribution in [0.1, 0.15) is 79.6 Å². The zero-order chi connectivity index (χ0) is 17.5. The second kappa shape index (κ2) is 10.1. The van der Waals surface area contributed by atoms with E-state index in [1.165, 1.54) is 71.1 Å². The molecule has 0 radical (unpaired) electrons. The Hall–Kier alpha value is -0.120. The highest BCUT2D eigenvalue weighted by Crippen LogP contribution is 2.30. The van der Waals surface area contributed by atoms with E-state index in [2.05, 4.69) is 44.4 Å². The number of rotatable bonds is 8. The van der Waals surface area contributed by atoms with Gasteiger partial charge in [-0.1, -0.05) is 12.8 Å². The van der Waals surface area contributed by atoms with E-state index in [1.54, 1.807) is 0 Å². The molecule has 142 valence electrons. The van der Waals surface area contributed by atoms with Gasteiger partial charge in [-0.15, -0.1) is 0 Å². The smallest absolute Gasteiger partial charge is 0.0578 e. The molecule has 24 heavy (non-hydrogen) atoms. The Kier molecular flexibility index (Phi) is 8.53. The second-order valence-corrected chi connectivity index (χ2v) is 8.80. The van der Waals surface area contributed by atoms with Gasteiger partial charge in [-0.25, -0.2) is 0 Å². The summed E-state index contributed by atoms with van der Waals surface area (Å²) in [6.45, 7) is 16.4. The van der Waals surface area contributed by atoms with Crippen molar-refractivity contribution in [3.05, 3.63) is 0 Å². The van der Waals surface area contributed by atoms with Crippen LogP contribution >= 0.6 is 0 Å². The summed E-state index contributed by atoms with van der Waals surface area (Å²) in [6, 6.07) is 1.43. The summed E-state index contributed by atoms with van der Waals surface area (Å²) >= 11 is 0. The molecule has 0 amide bonds. The van der Waals surface area contributed by atoms with Gasteiger partial charge >= 0.3 is 0 Å². The van der Waals surface area contributed by atoms with Crippen molar-refractivity contribution in [1.29, 1.82) is 0 Å². The van der Waals surface area contributed by atoms with Crippen molar-refractivity contribution in [3.8, 4) is 0 Å². The maximum Gasteiger partial charge on any atom is 0.0578 e. The molecule has 1 aliphatic carbocycles. The van der Waals surface area contributed by atoms with Crippen LogP contribution in [0.25, 0.3) is 0 Å². The lowest BCUT2D eigenvalue weighted by Crippen LogP contribution is -2.53. The van der Waals surface area contributed by atoms with Crippen LogP contribution in [0, 0.1) is 5.92 Å². The molecule has 1 aliphatic heterocycles. The highest BCUT2D eigenvalue weighted by atomic mass is 16.5. The van der Waals surface area contributed by atoms with Gasteiger partial charge in [0.1, 0.15) is 0 Å². The van der Waals surface area contributed by atoms with Gasteiger partial charge < -0.3 is 4.74 Å². The predicted octanol–water partition coefficient (Wildman–Crippen LogP) is 4.56. The van der Waals surface area contributed by atoms with E-state index in [0.29, 0.717) is 18.2 Å². The van der Waals surface area contributed by atoms with E-state index in [-0.39, 0.29) is 0 Å². The van der Waals surface area contributed by atoms with E-state index in [9.17, 15) is 0 Å². The standard InChI is InChI=1S/C21H42N2O/c1-17(2)23-15-14-22(19(5)16-23)13-7-6-8-20-9-11-21(12-10-20)24-18(3)4/h17-21H,6-16H2,1-5H3. The molecule has 2 fully saturated rings. The molecule has 1 saturated heterocycles. The monoisotopic (exact) mass is 338 g/mol. The van der Waals surface area contributed by atoms with Crippen LogP contribution in [-0.4, -0.2) is 60.3 Å². The minimum Gasteiger partial charge on any atom is -0.376 e. The van der Waals surface area contributed by atoms with Crippen LogP contribution in [0.15, 0.2) is 0 Å². The van der Waals surface area contributed by atoms with Crippen molar-refractivity contribution in [3.63, 3.8) is 0 Å². The first-order valence-electron chi connectivity index (χ1n) is 10.6. The molecule has 1 atom stereocenters. The highest BCUT2D eigenvalue weighted by molar-refractivity contribution is 4.81. The summed E-state index contributed by atoms with van der Waals surface area (Å²) in [5.41, 5.74) is 0. The van der Waals surface area contributed by atoms with Crippen molar-refractivity contribution in [2.45, 2.75) is 104 Å². The Morgan fingerprint density at radius 1 is 0.958 bits per heavy atom. The first kappa shape index (κ1) is 20.2. The Balaban J connectivity index is 1.54. The molecular weight excluding hydrogens is 296 g/mol. The van der Waals surface area contributed by atoms with Gasteiger partial charge in [0, 0.05) is 31.7 Å². The van der Waals surface area contributed by atoms with Gasteiger partial charge in [-0.3, -0.25) is 9.80 Å². The number of ether oxygens (including phenoxy) is 1. The molecule has 0 aromatic heterocycles. The molecule has 2 rings (SSSR count). The fourth-order valence-electron chi connectivity index (χ4n) is 4.51. The lowest BCUT2D eigenvalue weighted by Gasteiger charge is -2.41. The quantitative estimate of drug-likeness (QED) is 0.604. The van der Waals surface area contributed by atoms with Gasteiger partial charge in [-0.2, -0.15) is 0 Å². The van der Waals surface area contributed by atoms with Crippen LogP contribution in [-0.2, 0) is 4.74 Å². The van der Waals surface area contributed by atoms with Crippen molar-refractivity contribution in [2.75, 3.05) is 26.2 Å².